The molecule has 2 heterocycles. The summed E-state index contributed by atoms with van der Waals surface area (Å²) in [5, 5.41) is 11.0. The number of amides is 1. The third kappa shape index (κ3) is 2.52. The average Bonchev–Trinajstić information content (AvgIpc) is 2.93. The van der Waals surface area contributed by atoms with Gasteiger partial charge in [-0.05, 0) is 30.4 Å². The standard InChI is InChI=1S/C18H24N2O2/c1-12(2)17(11-21)20-16(8-5-9-18(20)22)14-10-19-15-7-4-3-6-13(14)15/h3-4,6-7,10,12,16-17,19,21H,5,8-9,11H2,1-2H3/t16-,17+/m0/s1. The van der Waals surface area contributed by atoms with Gasteiger partial charge in [0.15, 0.2) is 0 Å². The second-order valence-corrected chi connectivity index (χ2v) is 6.49. The van der Waals surface area contributed by atoms with Gasteiger partial charge in [-0.3, -0.25) is 4.79 Å². The van der Waals surface area contributed by atoms with Gasteiger partial charge < -0.3 is 15.0 Å². The third-order valence-electron chi connectivity index (χ3n) is 4.79. The molecule has 0 spiro atoms. The van der Waals surface area contributed by atoms with Crippen molar-refractivity contribution in [1.82, 2.24) is 9.88 Å². The Bertz CT molecular complexity index is 662. The first kappa shape index (κ1) is 15.1. The van der Waals surface area contributed by atoms with E-state index < -0.39 is 0 Å². The van der Waals surface area contributed by atoms with Crippen molar-refractivity contribution in [3.05, 3.63) is 36.0 Å². The first-order valence-electron chi connectivity index (χ1n) is 8.11. The van der Waals surface area contributed by atoms with Crippen molar-refractivity contribution < 1.29 is 9.90 Å². The highest BCUT2D eigenvalue weighted by atomic mass is 16.3. The summed E-state index contributed by atoms with van der Waals surface area (Å²) in [5.74, 6) is 0.397. The second kappa shape index (κ2) is 6.13. The zero-order chi connectivity index (χ0) is 15.7. The van der Waals surface area contributed by atoms with Crippen molar-refractivity contribution in [2.45, 2.75) is 45.2 Å². The van der Waals surface area contributed by atoms with Crippen LogP contribution in [-0.2, 0) is 4.79 Å². The van der Waals surface area contributed by atoms with Crippen LogP contribution < -0.4 is 0 Å². The van der Waals surface area contributed by atoms with Crippen LogP contribution in [0.5, 0.6) is 0 Å². The minimum atomic E-state index is -0.119. The number of aliphatic hydroxyl groups is 1. The quantitative estimate of drug-likeness (QED) is 0.910. The summed E-state index contributed by atoms with van der Waals surface area (Å²) in [6.45, 7) is 4.15. The smallest absolute Gasteiger partial charge is 0.223 e. The lowest BCUT2D eigenvalue weighted by molar-refractivity contribution is -0.142. The van der Waals surface area contributed by atoms with Crippen LogP contribution in [0.25, 0.3) is 10.9 Å². The maximum atomic E-state index is 12.5. The molecule has 4 nitrogen and oxygen atoms in total. The largest absolute Gasteiger partial charge is 0.394 e. The van der Waals surface area contributed by atoms with Gasteiger partial charge in [0.05, 0.1) is 18.7 Å². The Hall–Kier alpha value is -1.81. The van der Waals surface area contributed by atoms with Gasteiger partial charge in [-0.2, -0.15) is 0 Å². The minimum Gasteiger partial charge on any atom is -0.394 e. The number of para-hydroxylation sites is 1. The van der Waals surface area contributed by atoms with E-state index in [2.05, 4.69) is 31.0 Å². The van der Waals surface area contributed by atoms with Crippen LogP contribution >= 0.6 is 0 Å². The van der Waals surface area contributed by atoms with Crippen molar-refractivity contribution in [2.24, 2.45) is 5.92 Å². The van der Waals surface area contributed by atoms with E-state index in [0.29, 0.717) is 6.42 Å². The fourth-order valence-electron chi connectivity index (χ4n) is 3.60. The maximum absolute atomic E-state index is 12.5. The number of carbonyl (C=O) groups is 1. The number of H-pyrrole nitrogens is 1. The molecule has 4 heteroatoms. The van der Waals surface area contributed by atoms with Crippen molar-refractivity contribution in [2.75, 3.05) is 6.61 Å². The summed E-state index contributed by atoms with van der Waals surface area (Å²) in [6.07, 6.45) is 4.48. The number of piperidine rings is 1. The lowest BCUT2D eigenvalue weighted by Crippen LogP contribution is -2.49. The monoisotopic (exact) mass is 300 g/mol. The first-order valence-corrected chi connectivity index (χ1v) is 8.11. The molecule has 1 fully saturated rings. The molecule has 0 aliphatic carbocycles. The predicted octanol–water partition coefficient (Wildman–Crippen LogP) is 3.24. The molecule has 1 aromatic heterocycles. The maximum Gasteiger partial charge on any atom is 0.223 e. The number of nitrogens with one attached hydrogen (secondary N) is 1. The van der Waals surface area contributed by atoms with Crippen LogP contribution in [-0.4, -0.2) is 33.5 Å². The van der Waals surface area contributed by atoms with E-state index >= 15 is 0 Å². The summed E-state index contributed by atoms with van der Waals surface area (Å²) < 4.78 is 0. The Morgan fingerprint density at radius 2 is 2.14 bits per heavy atom. The topological polar surface area (TPSA) is 56.3 Å². The van der Waals surface area contributed by atoms with E-state index in [0.717, 1.165) is 18.4 Å². The number of aromatic amines is 1. The van der Waals surface area contributed by atoms with Crippen molar-refractivity contribution in [1.29, 1.82) is 0 Å². The van der Waals surface area contributed by atoms with Crippen LogP contribution in [0.1, 0.15) is 44.7 Å². The highest BCUT2D eigenvalue weighted by Gasteiger charge is 2.36. The number of aromatic nitrogens is 1. The van der Waals surface area contributed by atoms with Gasteiger partial charge in [0.2, 0.25) is 5.91 Å². The van der Waals surface area contributed by atoms with Crippen LogP contribution in [0.4, 0.5) is 0 Å². The van der Waals surface area contributed by atoms with E-state index in [9.17, 15) is 9.90 Å². The zero-order valence-electron chi connectivity index (χ0n) is 13.2. The average molecular weight is 300 g/mol. The molecule has 1 amide bonds. The van der Waals surface area contributed by atoms with Crippen molar-refractivity contribution >= 4 is 16.8 Å². The Kier molecular flexibility index (Phi) is 4.21. The number of fused-ring (bicyclic) bond motifs is 1. The highest BCUT2D eigenvalue weighted by molar-refractivity contribution is 5.85. The molecule has 0 radical (unpaired) electrons. The highest BCUT2D eigenvalue weighted by Crippen LogP contribution is 2.37. The molecule has 0 bridgehead atoms. The fourth-order valence-corrected chi connectivity index (χ4v) is 3.60. The molecule has 2 N–H and O–H groups in total. The molecule has 1 aliphatic rings. The van der Waals surface area contributed by atoms with Gasteiger partial charge in [0, 0.05) is 23.5 Å². The molecule has 1 saturated heterocycles. The van der Waals surface area contributed by atoms with E-state index in [1.165, 1.54) is 10.9 Å². The van der Waals surface area contributed by atoms with Crippen LogP contribution in [0, 0.1) is 5.92 Å². The summed E-state index contributed by atoms with van der Waals surface area (Å²) >= 11 is 0. The minimum absolute atomic E-state index is 0.0161. The normalized spacial score (nSPS) is 20.8. The summed E-state index contributed by atoms with van der Waals surface area (Å²) in [4.78, 5) is 17.8. The number of hydrogen-bond acceptors (Lipinski definition) is 2. The number of likely N-dealkylation sites (tertiary alicyclic amines) is 1. The Morgan fingerprint density at radius 1 is 1.36 bits per heavy atom. The molecule has 22 heavy (non-hydrogen) atoms. The summed E-state index contributed by atoms with van der Waals surface area (Å²) in [7, 11) is 0. The van der Waals surface area contributed by atoms with Gasteiger partial charge in [0.1, 0.15) is 0 Å². The zero-order valence-corrected chi connectivity index (χ0v) is 13.2. The Balaban J connectivity index is 2.04. The molecule has 0 saturated carbocycles. The lowest BCUT2D eigenvalue weighted by atomic mass is 9.90. The SMILES string of the molecule is CC(C)[C@@H](CO)N1C(=O)CCC[C@H]1c1c[nH]c2ccccc12. The molecule has 3 rings (SSSR count). The van der Waals surface area contributed by atoms with E-state index in [-0.39, 0.29) is 30.5 Å². The van der Waals surface area contributed by atoms with Crippen LogP contribution in [0.2, 0.25) is 0 Å². The molecular weight excluding hydrogens is 276 g/mol. The molecular formula is C18H24N2O2. The molecule has 2 aromatic rings. The summed E-state index contributed by atoms with van der Waals surface area (Å²) in [6, 6.07) is 8.13. The van der Waals surface area contributed by atoms with Gasteiger partial charge >= 0.3 is 0 Å². The number of hydrogen-bond donors (Lipinski definition) is 2. The summed E-state index contributed by atoms with van der Waals surface area (Å²) in [5.41, 5.74) is 2.27. The molecule has 1 aromatic carbocycles. The lowest BCUT2D eigenvalue weighted by Gasteiger charge is -2.42. The fraction of sp³-hybridized carbons (Fsp3) is 0.500. The van der Waals surface area contributed by atoms with E-state index in [1.807, 2.05) is 23.2 Å². The molecule has 2 atom stereocenters. The van der Waals surface area contributed by atoms with Crippen LogP contribution in [0.15, 0.2) is 30.5 Å². The third-order valence-corrected chi connectivity index (χ3v) is 4.79. The number of rotatable bonds is 4. The Labute approximate surface area is 131 Å². The predicted molar refractivity (Wildman–Crippen MR) is 87.4 cm³/mol. The number of carbonyl (C=O) groups excluding carboxylic acids is 1. The van der Waals surface area contributed by atoms with Gasteiger partial charge in [-0.1, -0.05) is 32.0 Å². The Morgan fingerprint density at radius 3 is 2.86 bits per heavy atom. The van der Waals surface area contributed by atoms with E-state index in [4.69, 9.17) is 0 Å². The molecule has 118 valence electrons. The van der Waals surface area contributed by atoms with Gasteiger partial charge in [-0.15, -0.1) is 0 Å². The van der Waals surface area contributed by atoms with Crippen molar-refractivity contribution in [3.63, 3.8) is 0 Å². The molecule has 1 aliphatic heterocycles. The van der Waals surface area contributed by atoms with Gasteiger partial charge in [0.25, 0.3) is 0 Å². The van der Waals surface area contributed by atoms with E-state index in [1.54, 1.807) is 0 Å². The second-order valence-electron chi connectivity index (χ2n) is 6.49. The number of benzene rings is 1. The van der Waals surface area contributed by atoms with Crippen molar-refractivity contribution in [3.8, 4) is 0 Å². The number of nitrogens with zero attached hydrogens (tertiary/aromatic N) is 1. The first-order chi connectivity index (χ1) is 10.6. The molecule has 0 unspecified atom stereocenters. The van der Waals surface area contributed by atoms with Crippen LogP contribution in [0.3, 0.4) is 0 Å². The van der Waals surface area contributed by atoms with Gasteiger partial charge in [-0.25, -0.2) is 0 Å². The number of aliphatic hydroxyl groups excluding tert-OH is 1.